The Bertz CT molecular complexity index is 815. The topological polar surface area (TPSA) is 87.2 Å². The molecule has 3 aromatic rings. The Morgan fingerprint density at radius 2 is 1.75 bits per heavy atom. The molecule has 4 N–H and O–H groups in total. The first-order chi connectivity index (χ1) is 9.56. The molecule has 0 radical (unpaired) electrons. The van der Waals surface area contributed by atoms with Crippen molar-refractivity contribution in [3.63, 3.8) is 0 Å². The molecule has 0 bridgehead atoms. The van der Waals surface area contributed by atoms with Gasteiger partial charge in [0, 0.05) is 12.7 Å². The van der Waals surface area contributed by atoms with E-state index in [4.69, 9.17) is 15.9 Å². The molecule has 1 aromatic heterocycles. The summed E-state index contributed by atoms with van der Waals surface area (Å²) >= 11 is 0. The van der Waals surface area contributed by atoms with Crippen LogP contribution in [0.4, 0.5) is 5.69 Å². The highest BCUT2D eigenvalue weighted by Gasteiger charge is 2.12. The van der Waals surface area contributed by atoms with Gasteiger partial charge in [-0.1, -0.05) is 18.2 Å². The Morgan fingerprint density at radius 1 is 1.10 bits per heavy atom. The summed E-state index contributed by atoms with van der Waals surface area (Å²) in [5.41, 5.74) is 15.8. The minimum absolute atomic E-state index is 0.273. The third-order valence-corrected chi connectivity index (χ3v) is 3.47. The van der Waals surface area contributed by atoms with E-state index in [0.717, 1.165) is 16.6 Å². The molecule has 0 amide bonds. The summed E-state index contributed by atoms with van der Waals surface area (Å²) < 4.78 is 6.57. The summed E-state index contributed by atoms with van der Waals surface area (Å²) in [5.74, 6) is -0.377. The first-order valence-corrected chi connectivity index (χ1v) is 6.27. The fourth-order valence-electron chi connectivity index (χ4n) is 2.23. The lowest BCUT2D eigenvalue weighted by Crippen LogP contribution is -2.12. The van der Waals surface area contributed by atoms with Gasteiger partial charge in [-0.2, -0.15) is 0 Å². The van der Waals surface area contributed by atoms with Gasteiger partial charge >= 0.3 is 5.76 Å². The van der Waals surface area contributed by atoms with Crippen molar-refractivity contribution in [3.05, 3.63) is 64.1 Å². The van der Waals surface area contributed by atoms with E-state index in [2.05, 4.69) is 0 Å². The molecule has 0 spiro atoms. The lowest BCUT2D eigenvalue weighted by atomic mass is 9.99. The van der Waals surface area contributed by atoms with Crippen molar-refractivity contribution in [2.24, 2.45) is 12.8 Å². The standard InChI is InChI=1S/C15H15N3O2/c1-18-12-8-10(4-7-13(12)20-15(18)19)14(17)9-2-5-11(16)6-3-9/h2-8,14H,16-17H2,1H3. The monoisotopic (exact) mass is 269 g/mol. The molecule has 3 rings (SSSR count). The second-order valence-electron chi connectivity index (χ2n) is 4.80. The smallest absolute Gasteiger partial charge is 0.408 e. The van der Waals surface area contributed by atoms with Crippen LogP contribution >= 0.6 is 0 Å². The number of hydrogen-bond acceptors (Lipinski definition) is 4. The Kier molecular flexibility index (Phi) is 2.84. The number of hydrogen-bond donors (Lipinski definition) is 2. The van der Waals surface area contributed by atoms with E-state index in [0.29, 0.717) is 11.3 Å². The number of nitrogens with two attached hydrogens (primary N) is 2. The van der Waals surface area contributed by atoms with Crippen LogP contribution < -0.4 is 17.2 Å². The zero-order chi connectivity index (χ0) is 14.3. The highest BCUT2D eigenvalue weighted by atomic mass is 16.4. The molecule has 5 nitrogen and oxygen atoms in total. The highest BCUT2D eigenvalue weighted by molar-refractivity contribution is 5.74. The third kappa shape index (κ3) is 1.98. The molecule has 5 heteroatoms. The number of anilines is 1. The van der Waals surface area contributed by atoms with Crippen molar-refractivity contribution in [2.45, 2.75) is 6.04 Å². The van der Waals surface area contributed by atoms with Gasteiger partial charge in [-0.15, -0.1) is 0 Å². The van der Waals surface area contributed by atoms with E-state index < -0.39 is 0 Å². The first kappa shape index (κ1) is 12.5. The second-order valence-corrected chi connectivity index (χ2v) is 4.80. The van der Waals surface area contributed by atoms with Gasteiger partial charge < -0.3 is 15.9 Å². The quantitative estimate of drug-likeness (QED) is 0.694. The van der Waals surface area contributed by atoms with Gasteiger partial charge in [0.25, 0.3) is 0 Å². The fourth-order valence-corrected chi connectivity index (χ4v) is 2.23. The molecule has 0 aliphatic heterocycles. The summed E-state index contributed by atoms with van der Waals surface area (Å²) in [4.78, 5) is 11.5. The van der Waals surface area contributed by atoms with Crippen LogP contribution in [0.1, 0.15) is 17.2 Å². The van der Waals surface area contributed by atoms with Crippen LogP contribution in [-0.4, -0.2) is 4.57 Å². The maximum Gasteiger partial charge on any atom is 0.419 e. The zero-order valence-electron chi connectivity index (χ0n) is 11.0. The van der Waals surface area contributed by atoms with Crippen LogP contribution in [-0.2, 0) is 7.05 Å². The minimum Gasteiger partial charge on any atom is -0.408 e. The molecule has 0 aliphatic rings. The van der Waals surface area contributed by atoms with Crippen LogP contribution in [0.25, 0.3) is 11.1 Å². The Labute approximate surface area is 115 Å². The molecule has 1 heterocycles. The summed E-state index contributed by atoms with van der Waals surface area (Å²) in [7, 11) is 1.67. The lowest BCUT2D eigenvalue weighted by molar-refractivity contribution is 0.528. The number of benzene rings is 2. The molecule has 102 valence electrons. The van der Waals surface area contributed by atoms with Crippen molar-refractivity contribution in [1.29, 1.82) is 0 Å². The van der Waals surface area contributed by atoms with Crippen molar-refractivity contribution < 1.29 is 4.42 Å². The molecule has 0 aliphatic carbocycles. The fraction of sp³-hybridized carbons (Fsp3) is 0.133. The second kappa shape index (κ2) is 4.54. The maximum atomic E-state index is 11.5. The summed E-state index contributed by atoms with van der Waals surface area (Å²) in [6, 6.07) is 12.7. The van der Waals surface area contributed by atoms with Gasteiger partial charge in [-0.3, -0.25) is 4.57 Å². The molecule has 0 fully saturated rings. The van der Waals surface area contributed by atoms with Crippen molar-refractivity contribution in [2.75, 3.05) is 5.73 Å². The van der Waals surface area contributed by atoms with Crippen LogP contribution in [0.15, 0.2) is 51.7 Å². The van der Waals surface area contributed by atoms with E-state index in [1.165, 1.54) is 4.57 Å². The highest BCUT2D eigenvalue weighted by Crippen LogP contribution is 2.23. The molecule has 1 unspecified atom stereocenters. The van der Waals surface area contributed by atoms with Gasteiger partial charge in [-0.25, -0.2) is 4.79 Å². The molecule has 0 saturated carbocycles. The van der Waals surface area contributed by atoms with E-state index in [9.17, 15) is 4.79 Å². The molecular formula is C15H15N3O2. The molecule has 0 saturated heterocycles. The van der Waals surface area contributed by atoms with Crippen LogP contribution in [0.2, 0.25) is 0 Å². The van der Waals surface area contributed by atoms with Crippen molar-refractivity contribution in [1.82, 2.24) is 4.57 Å². The number of oxazole rings is 1. The Hall–Kier alpha value is -2.53. The summed E-state index contributed by atoms with van der Waals surface area (Å²) in [6.45, 7) is 0. The zero-order valence-corrected chi connectivity index (χ0v) is 11.0. The normalized spacial score (nSPS) is 12.7. The third-order valence-electron chi connectivity index (χ3n) is 3.47. The number of nitrogen functional groups attached to an aromatic ring is 1. The van der Waals surface area contributed by atoms with E-state index in [-0.39, 0.29) is 11.8 Å². The van der Waals surface area contributed by atoms with Crippen molar-refractivity contribution in [3.8, 4) is 0 Å². The van der Waals surface area contributed by atoms with Crippen LogP contribution in [0.5, 0.6) is 0 Å². The minimum atomic E-state index is -0.377. The number of nitrogens with zero attached hydrogens (tertiary/aromatic N) is 1. The average Bonchev–Trinajstić information content (AvgIpc) is 2.74. The average molecular weight is 269 g/mol. The molecule has 1 atom stereocenters. The number of aromatic nitrogens is 1. The number of rotatable bonds is 2. The molecular weight excluding hydrogens is 254 g/mol. The van der Waals surface area contributed by atoms with Gasteiger partial charge in [0.15, 0.2) is 5.58 Å². The summed E-state index contributed by atoms with van der Waals surface area (Å²) in [5, 5.41) is 0. The van der Waals surface area contributed by atoms with E-state index in [1.54, 1.807) is 13.1 Å². The Morgan fingerprint density at radius 3 is 2.45 bits per heavy atom. The maximum absolute atomic E-state index is 11.5. The van der Waals surface area contributed by atoms with Gasteiger partial charge in [0.2, 0.25) is 0 Å². The summed E-state index contributed by atoms with van der Waals surface area (Å²) in [6.07, 6.45) is 0. The van der Waals surface area contributed by atoms with Crippen molar-refractivity contribution >= 4 is 16.8 Å². The predicted octanol–water partition coefficient (Wildman–Crippen LogP) is 1.76. The lowest BCUT2D eigenvalue weighted by Gasteiger charge is -2.13. The van der Waals surface area contributed by atoms with Crippen LogP contribution in [0, 0.1) is 0 Å². The van der Waals surface area contributed by atoms with E-state index >= 15 is 0 Å². The van der Waals surface area contributed by atoms with Gasteiger partial charge in [-0.05, 0) is 35.4 Å². The Balaban J connectivity index is 2.07. The van der Waals surface area contributed by atoms with Crippen LogP contribution in [0.3, 0.4) is 0 Å². The largest absolute Gasteiger partial charge is 0.419 e. The van der Waals surface area contributed by atoms with Gasteiger partial charge in [0.1, 0.15) is 0 Å². The first-order valence-electron chi connectivity index (χ1n) is 6.27. The number of fused-ring (bicyclic) bond motifs is 1. The predicted molar refractivity (Wildman–Crippen MR) is 78.3 cm³/mol. The molecule has 20 heavy (non-hydrogen) atoms. The molecule has 2 aromatic carbocycles. The van der Waals surface area contributed by atoms with Gasteiger partial charge in [0.05, 0.1) is 11.6 Å². The van der Waals surface area contributed by atoms with E-state index in [1.807, 2.05) is 36.4 Å². The SMILES string of the molecule is Cn1c(=O)oc2ccc(C(N)c3ccc(N)cc3)cc21. The number of aryl methyl sites for hydroxylation is 1.